The standard InChI is InChI=1S/C19H16F3NO/c1-3-12-23(13-15-10-8-14(2)9-11-15)18(24)16-6-4-5-7-17(16)19(20,21)22/h1,4-11H,12-13H2,2H3. The van der Waals surface area contributed by atoms with Gasteiger partial charge in [0.25, 0.3) is 5.91 Å². The van der Waals surface area contributed by atoms with E-state index in [1.165, 1.54) is 23.1 Å². The number of terminal acetylenes is 1. The molecule has 2 nitrogen and oxygen atoms in total. The average Bonchev–Trinajstić information content (AvgIpc) is 2.55. The Balaban J connectivity index is 2.33. The highest BCUT2D eigenvalue weighted by Crippen LogP contribution is 2.32. The van der Waals surface area contributed by atoms with Crippen LogP contribution in [0.1, 0.15) is 27.0 Å². The molecule has 0 heterocycles. The number of amides is 1. The van der Waals surface area contributed by atoms with Gasteiger partial charge >= 0.3 is 6.18 Å². The molecule has 124 valence electrons. The second-order valence-corrected chi connectivity index (χ2v) is 5.39. The van der Waals surface area contributed by atoms with E-state index in [-0.39, 0.29) is 13.1 Å². The van der Waals surface area contributed by atoms with Gasteiger partial charge in [-0.1, -0.05) is 47.9 Å². The second kappa shape index (κ2) is 7.22. The van der Waals surface area contributed by atoms with Gasteiger partial charge in [-0.3, -0.25) is 4.79 Å². The predicted molar refractivity (Wildman–Crippen MR) is 86.2 cm³/mol. The minimum Gasteiger partial charge on any atom is -0.323 e. The Morgan fingerprint density at radius 3 is 2.33 bits per heavy atom. The van der Waals surface area contributed by atoms with E-state index < -0.39 is 23.2 Å². The van der Waals surface area contributed by atoms with Gasteiger partial charge in [-0.2, -0.15) is 13.2 Å². The molecule has 0 aliphatic rings. The van der Waals surface area contributed by atoms with E-state index in [1.54, 1.807) is 0 Å². The first-order chi connectivity index (χ1) is 11.3. The summed E-state index contributed by atoms with van der Waals surface area (Å²) in [5.74, 6) is 1.60. The van der Waals surface area contributed by atoms with Crippen molar-refractivity contribution >= 4 is 5.91 Å². The fourth-order valence-electron chi connectivity index (χ4n) is 2.31. The summed E-state index contributed by atoms with van der Waals surface area (Å²) in [6, 6.07) is 12.1. The molecule has 0 spiro atoms. The number of carbonyl (C=O) groups excluding carboxylic acids is 1. The Kier molecular flexibility index (Phi) is 5.30. The van der Waals surface area contributed by atoms with E-state index in [1.807, 2.05) is 31.2 Å². The zero-order chi connectivity index (χ0) is 17.7. The predicted octanol–water partition coefficient (Wildman–Crippen LogP) is 4.29. The van der Waals surface area contributed by atoms with Crippen LogP contribution in [0, 0.1) is 19.3 Å². The molecule has 0 aliphatic carbocycles. The lowest BCUT2D eigenvalue weighted by Crippen LogP contribution is -2.32. The summed E-state index contributed by atoms with van der Waals surface area (Å²) in [6.07, 6.45) is 0.682. The van der Waals surface area contributed by atoms with Gasteiger partial charge in [0.1, 0.15) is 0 Å². The minimum absolute atomic E-state index is 0.0705. The molecule has 0 fully saturated rings. The van der Waals surface area contributed by atoms with Crippen LogP contribution in [0.2, 0.25) is 0 Å². The number of aryl methyl sites for hydroxylation is 1. The van der Waals surface area contributed by atoms with Crippen molar-refractivity contribution in [3.63, 3.8) is 0 Å². The summed E-state index contributed by atoms with van der Waals surface area (Å²) in [4.78, 5) is 13.8. The van der Waals surface area contributed by atoms with E-state index in [9.17, 15) is 18.0 Å². The monoisotopic (exact) mass is 331 g/mol. The third-order valence-corrected chi connectivity index (χ3v) is 3.53. The summed E-state index contributed by atoms with van der Waals surface area (Å²) in [5, 5.41) is 0. The molecule has 0 atom stereocenters. The Labute approximate surface area is 138 Å². The molecule has 0 N–H and O–H groups in total. The summed E-state index contributed by atoms with van der Waals surface area (Å²) < 4.78 is 39.4. The maximum Gasteiger partial charge on any atom is 0.417 e. The Morgan fingerprint density at radius 2 is 1.75 bits per heavy atom. The molecule has 0 aliphatic heterocycles. The number of carbonyl (C=O) groups is 1. The molecule has 0 saturated carbocycles. The third-order valence-electron chi connectivity index (χ3n) is 3.53. The van der Waals surface area contributed by atoms with Gasteiger partial charge in [-0.05, 0) is 24.6 Å². The van der Waals surface area contributed by atoms with Crippen LogP contribution < -0.4 is 0 Å². The first-order valence-corrected chi connectivity index (χ1v) is 7.27. The third kappa shape index (κ3) is 4.17. The van der Waals surface area contributed by atoms with Crippen molar-refractivity contribution in [2.45, 2.75) is 19.6 Å². The highest BCUT2D eigenvalue weighted by atomic mass is 19.4. The highest BCUT2D eigenvalue weighted by molar-refractivity contribution is 5.96. The van der Waals surface area contributed by atoms with E-state index >= 15 is 0 Å². The van der Waals surface area contributed by atoms with Gasteiger partial charge in [0, 0.05) is 6.54 Å². The van der Waals surface area contributed by atoms with Crippen LogP contribution in [0.15, 0.2) is 48.5 Å². The van der Waals surface area contributed by atoms with Crippen molar-refractivity contribution in [2.24, 2.45) is 0 Å². The van der Waals surface area contributed by atoms with Crippen molar-refractivity contribution in [3.8, 4) is 12.3 Å². The van der Waals surface area contributed by atoms with Gasteiger partial charge in [0.2, 0.25) is 0 Å². The molecule has 2 aromatic rings. The van der Waals surface area contributed by atoms with E-state index in [0.29, 0.717) is 0 Å². The quantitative estimate of drug-likeness (QED) is 0.766. The van der Waals surface area contributed by atoms with Gasteiger partial charge in [0.15, 0.2) is 0 Å². The van der Waals surface area contributed by atoms with Crippen molar-refractivity contribution < 1.29 is 18.0 Å². The van der Waals surface area contributed by atoms with Crippen LogP contribution in [0.25, 0.3) is 0 Å². The fraction of sp³-hybridized carbons (Fsp3) is 0.211. The molecule has 5 heteroatoms. The Bertz CT molecular complexity index is 757. The van der Waals surface area contributed by atoms with Crippen LogP contribution in [0.4, 0.5) is 13.2 Å². The summed E-state index contributed by atoms with van der Waals surface area (Å²) >= 11 is 0. The zero-order valence-electron chi connectivity index (χ0n) is 13.1. The molecule has 1 amide bonds. The molecule has 2 rings (SSSR count). The molecule has 0 aromatic heterocycles. The van der Waals surface area contributed by atoms with Crippen LogP contribution in [0.3, 0.4) is 0 Å². The Hall–Kier alpha value is -2.74. The van der Waals surface area contributed by atoms with Crippen LogP contribution in [-0.4, -0.2) is 17.4 Å². The molecule has 0 unspecified atom stereocenters. The van der Waals surface area contributed by atoms with Crippen molar-refractivity contribution in [3.05, 3.63) is 70.8 Å². The second-order valence-electron chi connectivity index (χ2n) is 5.39. The molecule has 2 aromatic carbocycles. The van der Waals surface area contributed by atoms with Crippen LogP contribution in [-0.2, 0) is 12.7 Å². The summed E-state index contributed by atoms with van der Waals surface area (Å²) in [5.41, 5.74) is 0.498. The van der Waals surface area contributed by atoms with Gasteiger partial charge in [-0.25, -0.2) is 0 Å². The fourth-order valence-corrected chi connectivity index (χ4v) is 2.31. The van der Waals surface area contributed by atoms with E-state index in [0.717, 1.165) is 17.2 Å². The average molecular weight is 331 g/mol. The Morgan fingerprint density at radius 1 is 1.12 bits per heavy atom. The van der Waals surface area contributed by atoms with E-state index in [2.05, 4.69) is 5.92 Å². The lowest BCUT2D eigenvalue weighted by Gasteiger charge is -2.22. The number of rotatable bonds is 4. The number of nitrogens with zero attached hydrogens (tertiary/aromatic N) is 1. The van der Waals surface area contributed by atoms with Crippen molar-refractivity contribution in [1.29, 1.82) is 0 Å². The van der Waals surface area contributed by atoms with Crippen LogP contribution >= 0.6 is 0 Å². The normalized spacial score (nSPS) is 11.0. The first kappa shape index (κ1) is 17.6. The molecular weight excluding hydrogens is 315 g/mol. The highest BCUT2D eigenvalue weighted by Gasteiger charge is 2.35. The number of hydrogen-bond donors (Lipinski definition) is 0. The lowest BCUT2D eigenvalue weighted by molar-refractivity contribution is -0.138. The number of alkyl halides is 3. The number of hydrogen-bond acceptors (Lipinski definition) is 1. The van der Waals surface area contributed by atoms with Gasteiger partial charge < -0.3 is 4.90 Å². The van der Waals surface area contributed by atoms with Gasteiger partial charge in [0.05, 0.1) is 17.7 Å². The van der Waals surface area contributed by atoms with E-state index in [4.69, 9.17) is 6.42 Å². The molecular formula is C19H16F3NO. The number of halogens is 3. The summed E-state index contributed by atoms with van der Waals surface area (Å²) in [6.45, 7) is 2.00. The SMILES string of the molecule is C#CCN(Cc1ccc(C)cc1)C(=O)c1ccccc1C(F)(F)F. The maximum absolute atomic E-state index is 13.1. The molecule has 0 bridgehead atoms. The molecule has 24 heavy (non-hydrogen) atoms. The van der Waals surface area contributed by atoms with Gasteiger partial charge in [-0.15, -0.1) is 6.42 Å². The topological polar surface area (TPSA) is 20.3 Å². The van der Waals surface area contributed by atoms with Crippen molar-refractivity contribution in [2.75, 3.05) is 6.54 Å². The maximum atomic E-state index is 13.1. The first-order valence-electron chi connectivity index (χ1n) is 7.27. The minimum atomic E-state index is -4.60. The summed E-state index contributed by atoms with van der Waals surface area (Å²) in [7, 11) is 0. The molecule has 0 saturated heterocycles. The molecule has 0 radical (unpaired) electrons. The lowest BCUT2D eigenvalue weighted by atomic mass is 10.1. The zero-order valence-corrected chi connectivity index (χ0v) is 13.1. The largest absolute Gasteiger partial charge is 0.417 e. The number of benzene rings is 2. The smallest absolute Gasteiger partial charge is 0.323 e. The van der Waals surface area contributed by atoms with Crippen molar-refractivity contribution in [1.82, 2.24) is 4.90 Å². The van der Waals surface area contributed by atoms with Crippen LogP contribution in [0.5, 0.6) is 0 Å².